The smallest absolute Gasteiger partial charge is 0.293 e. The number of methoxy groups -OCH3 is 1. The fraction of sp³-hybridized carbons (Fsp3) is 0.692. The van der Waals surface area contributed by atoms with Gasteiger partial charge in [0.2, 0.25) is 0 Å². The molecular weight excluding hydrogens is 246 g/mol. The summed E-state index contributed by atoms with van der Waals surface area (Å²) in [7, 11) is 1.63. The van der Waals surface area contributed by atoms with Gasteiger partial charge in [0, 0.05) is 31.6 Å². The van der Waals surface area contributed by atoms with E-state index >= 15 is 0 Å². The van der Waals surface area contributed by atoms with Crippen LogP contribution in [0, 0.1) is 0 Å². The van der Waals surface area contributed by atoms with E-state index in [2.05, 4.69) is 10.3 Å². The number of ether oxygens (including phenoxy) is 2. The Bertz CT molecular complexity index is 437. The molecule has 1 aromatic rings. The van der Waals surface area contributed by atoms with Crippen molar-refractivity contribution in [3.8, 4) is 0 Å². The Morgan fingerprint density at radius 3 is 2.68 bits per heavy atom. The molecule has 0 radical (unpaired) electrons. The highest BCUT2D eigenvalue weighted by Crippen LogP contribution is 2.10. The van der Waals surface area contributed by atoms with Crippen molar-refractivity contribution in [2.24, 2.45) is 0 Å². The normalized spacial score (nSPS) is 11.6. The zero-order chi connectivity index (χ0) is 14.3. The molecule has 0 aliphatic rings. The molecule has 1 aromatic heterocycles. The first-order chi connectivity index (χ1) is 8.96. The SMILES string of the molecule is COCCOCCNc1nccn(C(C)(C)C)c1=O. The summed E-state index contributed by atoms with van der Waals surface area (Å²) < 4.78 is 11.8. The van der Waals surface area contributed by atoms with Crippen molar-refractivity contribution < 1.29 is 9.47 Å². The fourth-order valence-electron chi connectivity index (χ4n) is 1.55. The number of nitrogens with zero attached hydrogens (tertiary/aromatic N) is 2. The molecule has 1 rings (SSSR count). The molecule has 0 aromatic carbocycles. The highest BCUT2D eigenvalue weighted by molar-refractivity contribution is 5.30. The summed E-state index contributed by atoms with van der Waals surface area (Å²) in [4.78, 5) is 16.2. The van der Waals surface area contributed by atoms with Crippen LogP contribution in [0.15, 0.2) is 17.2 Å². The second-order valence-electron chi connectivity index (χ2n) is 5.15. The molecule has 19 heavy (non-hydrogen) atoms. The molecule has 0 fully saturated rings. The molecule has 1 N–H and O–H groups in total. The highest BCUT2D eigenvalue weighted by atomic mass is 16.5. The van der Waals surface area contributed by atoms with Gasteiger partial charge in [0.25, 0.3) is 5.56 Å². The van der Waals surface area contributed by atoms with Gasteiger partial charge in [-0.05, 0) is 20.8 Å². The minimum Gasteiger partial charge on any atom is -0.382 e. The van der Waals surface area contributed by atoms with E-state index in [0.29, 0.717) is 32.2 Å². The predicted octanol–water partition coefficient (Wildman–Crippen LogP) is 1.07. The third-order valence-electron chi connectivity index (χ3n) is 2.53. The summed E-state index contributed by atoms with van der Waals surface area (Å²) in [5, 5.41) is 2.99. The first-order valence-electron chi connectivity index (χ1n) is 6.35. The lowest BCUT2D eigenvalue weighted by molar-refractivity contribution is 0.0759. The molecule has 0 atom stereocenters. The predicted molar refractivity (Wildman–Crippen MR) is 74.7 cm³/mol. The number of hydrogen-bond donors (Lipinski definition) is 1. The van der Waals surface area contributed by atoms with Gasteiger partial charge in [0.05, 0.1) is 19.8 Å². The Hall–Kier alpha value is -1.40. The third kappa shape index (κ3) is 5.00. The molecule has 0 saturated carbocycles. The van der Waals surface area contributed by atoms with Crippen LogP contribution in [0.1, 0.15) is 20.8 Å². The van der Waals surface area contributed by atoms with Crippen molar-refractivity contribution in [3.63, 3.8) is 0 Å². The Kier molecular flexibility index (Phi) is 5.98. The second kappa shape index (κ2) is 7.25. The highest BCUT2D eigenvalue weighted by Gasteiger charge is 2.16. The minimum atomic E-state index is -0.259. The van der Waals surface area contributed by atoms with Crippen molar-refractivity contribution in [1.82, 2.24) is 9.55 Å². The Balaban J connectivity index is 2.53. The maximum Gasteiger partial charge on any atom is 0.293 e. The van der Waals surface area contributed by atoms with Gasteiger partial charge < -0.3 is 19.4 Å². The van der Waals surface area contributed by atoms with Crippen LogP contribution in [0.4, 0.5) is 5.82 Å². The number of nitrogens with one attached hydrogen (secondary N) is 1. The van der Waals surface area contributed by atoms with Gasteiger partial charge in [-0.25, -0.2) is 4.98 Å². The van der Waals surface area contributed by atoms with E-state index in [0.717, 1.165) is 0 Å². The molecule has 0 amide bonds. The van der Waals surface area contributed by atoms with Crippen LogP contribution >= 0.6 is 0 Å². The molecule has 0 saturated heterocycles. The molecule has 0 unspecified atom stereocenters. The van der Waals surface area contributed by atoms with E-state index in [9.17, 15) is 4.79 Å². The van der Waals surface area contributed by atoms with E-state index in [1.165, 1.54) is 0 Å². The summed E-state index contributed by atoms with van der Waals surface area (Å²) in [5.41, 5.74) is -0.377. The lowest BCUT2D eigenvalue weighted by atomic mass is 10.1. The maximum absolute atomic E-state index is 12.2. The number of hydrogen-bond acceptors (Lipinski definition) is 5. The van der Waals surface area contributed by atoms with Gasteiger partial charge in [-0.3, -0.25) is 4.79 Å². The minimum absolute atomic E-state index is 0.119. The molecule has 0 aliphatic carbocycles. The summed E-state index contributed by atoms with van der Waals surface area (Å²) in [6.07, 6.45) is 3.32. The molecule has 0 bridgehead atoms. The standard InChI is InChI=1S/C13H23N3O3/c1-13(2,3)16-7-5-14-11(12(16)17)15-6-8-19-10-9-18-4/h5,7H,6,8-10H2,1-4H3,(H,14,15). The van der Waals surface area contributed by atoms with E-state index in [1.807, 2.05) is 20.8 Å². The summed E-state index contributed by atoms with van der Waals surface area (Å²) in [5.74, 6) is 0.354. The molecule has 0 spiro atoms. The molecule has 0 aliphatic heterocycles. The van der Waals surface area contributed by atoms with E-state index in [1.54, 1.807) is 24.1 Å². The first kappa shape index (κ1) is 15.7. The Morgan fingerprint density at radius 2 is 2.05 bits per heavy atom. The number of aromatic nitrogens is 2. The lowest BCUT2D eigenvalue weighted by Gasteiger charge is -2.22. The number of anilines is 1. The van der Waals surface area contributed by atoms with E-state index < -0.39 is 0 Å². The van der Waals surface area contributed by atoms with Gasteiger partial charge in [-0.15, -0.1) is 0 Å². The zero-order valence-corrected chi connectivity index (χ0v) is 12.1. The first-order valence-corrected chi connectivity index (χ1v) is 6.35. The van der Waals surface area contributed by atoms with Crippen molar-refractivity contribution in [2.45, 2.75) is 26.3 Å². The quantitative estimate of drug-likeness (QED) is 0.750. The van der Waals surface area contributed by atoms with Gasteiger partial charge in [-0.1, -0.05) is 0 Å². The van der Waals surface area contributed by atoms with Crippen molar-refractivity contribution >= 4 is 5.82 Å². The van der Waals surface area contributed by atoms with Crippen LogP contribution in [-0.2, 0) is 15.0 Å². The van der Waals surface area contributed by atoms with Crippen molar-refractivity contribution in [3.05, 3.63) is 22.7 Å². The van der Waals surface area contributed by atoms with Crippen LogP contribution in [0.2, 0.25) is 0 Å². The van der Waals surface area contributed by atoms with E-state index in [-0.39, 0.29) is 11.1 Å². The van der Waals surface area contributed by atoms with Crippen LogP contribution in [0.5, 0.6) is 0 Å². The van der Waals surface area contributed by atoms with Gasteiger partial charge in [-0.2, -0.15) is 0 Å². The average molecular weight is 269 g/mol. The number of rotatable bonds is 7. The molecule has 6 heteroatoms. The monoisotopic (exact) mass is 269 g/mol. The van der Waals surface area contributed by atoms with Crippen molar-refractivity contribution in [1.29, 1.82) is 0 Å². The summed E-state index contributed by atoms with van der Waals surface area (Å²) >= 11 is 0. The maximum atomic E-state index is 12.2. The van der Waals surface area contributed by atoms with Crippen LogP contribution in [0.3, 0.4) is 0 Å². The van der Waals surface area contributed by atoms with Crippen LogP contribution < -0.4 is 10.9 Å². The van der Waals surface area contributed by atoms with Gasteiger partial charge >= 0.3 is 0 Å². The van der Waals surface area contributed by atoms with Crippen molar-refractivity contribution in [2.75, 3.05) is 38.8 Å². The average Bonchev–Trinajstić information content (AvgIpc) is 2.34. The zero-order valence-electron chi connectivity index (χ0n) is 12.1. The topological polar surface area (TPSA) is 65.4 Å². The largest absolute Gasteiger partial charge is 0.382 e. The lowest BCUT2D eigenvalue weighted by Crippen LogP contribution is -2.35. The van der Waals surface area contributed by atoms with Crippen LogP contribution in [0.25, 0.3) is 0 Å². The Morgan fingerprint density at radius 1 is 1.32 bits per heavy atom. The second-order valence-corrected chi connectivity index (χ2v) is 5.15. The molecule has 108 valence electrons. The van der Waals surface area contributed by atoms with Gasteiger partial charge in [0.1, 0.15) is 0 Å². The third-order valence-corrected chi connectivity index (χ3v) is 2.53. The fourth-order valence-corrected chi connectivity index (χ4v) is 1.55. The Labute approximate surface area is 113 Å². The van der Waals surface area contributed by atoms with E-state index in [4.69, 9.17) is 9.47 Å². The van der Waals surface area contributed by atoms with Crippen LogP contribution in [-0.4, -0.2) is 43.0 Å². The molecular formula is C13H23N3O3. The molecule has 6 nitrogen and oxygen atoms in total. The molecule has 1 heterocycles. The summed E-state index contributed by atoms with van der Waals surface area (Å²) in [6, 6.07) is 0. The summed E-state index contributed by atoms with van der Waals surface area (Å²) in [6.45, 7) is 8.10. The van der Waals surface area contributed by atoms with Gasteiger partial charge in [0.15, 0.2) is 5.82 Å².